The first-order chi connectivity index (χ1) is 9.91. The second-order valence-electron chi connectivity index (χ2n) is 5.23. The van der Waals surface area contributed by atoms with Gasteiger partial charge in [-0.25, -0.2) is 0 Å². The standard InChI is InChI=1S/C15H19N3O3/c1-10(2)18(9-8-13(19)20)15(21)14-11-6-4-5-7-12(11)17(3)16-14/h4-7,10H,8-9H2,1-3H3,(H,19,20). The van der Waals surface area contributed by atoms with Gasteiger partial charge in [0.15, 0.2) is 5.69 Å². The summed E-state index contributed by atoms with van der Waals surface area (Å²) in [6.07, 6.45) is -0.0747. The maximum Gasteiger partial charge on any atom is 0.305 e. The Labute approximate surface area is 123 Å². The van der Waals surface area contributed by atoms with Crippen LogP contribution in [0.3, 0.4) is 0 Å². The molecule has 2 rings (SSSR count). The number of carbonyl (C=O) groups excluding carboxylic acids is 1. The molecule has 112 valence electrons. The van der Waals surface area contributed by atoms with Crippen molar-refractivity contribution in [2.45, 2.75) is 26.3 Å². The Hall–Kier alpha value is -2.37. The van der Waals surface area contributed by atoms with E-state index in [0.29, 0.717) is 5.69 Å². The average Bonchev–Trinajstić information content (AvgIpc) is 2.76. The number of carboxylic acids is 1. The molecule has 2 aromatic rings. The van der Waals surface area contributed by atoms with Crippen molar-refractivity contribution in [2.24, 2.45) is 7.05 Å². The van der Waals surface area contributed by atoms with Gasteiger partial charge >= 0.3 is 5.97 Å². The zero-order valence-electron chi connectivity index (χ0n) is 12.4. The van der Waals surface area contributed by atoms with E-state index < -0.39 is 5.97 Å². The number of carbonyl (C=O) groups is 2. The number of carboxylic acid groups (broad SMARTS) is 1. The van der Waals surface area contributed by atoms with Gasteiger partial charge in [-0.05, 0) is 19.9 Å². The van der Waals surface area contributed by atoms with Crippen molar-refractivity contribution in [2.75, 3.05) is 6.54 Å². The van der Waals surface area contributed by atoms with Crippen LogP contribution in [0, 0.1) is 0 Å². The number of fused-ring (bicyclic) bond motifs is 1. The third kappa shape index (κ3) is 3.04. The largest absolute Gasteiger partial charge is 0.481 e. The minimum Gasteiger partial charge on any atom is -0.481 e. The van der Waals surface area contributed by atoms with E-state index in [9.17, 15) is 9.59 Å². The first-order valence-corrected chi connectivity index (χ1v) is 6.86. The number of rotatable bonds is 5. The SMILES string of the molecule is CC(C)N(CCC(=O)O)C(=O)c1nn(C)c2ccccc12. The van der Waals surface area contributed by atoms with E-state index in [0.717, 1.165) is 10.9 Å². The summed E-state index contributed by atoms with van der Waals surface area (Å²) in [5, 5.41) is 13.9. The molecule has 1 heterocycles. The van der Waals surface area contributed by atoms with E-state index in [1.54, 1.807) is 16.6 Å². The molecule has 1 aromatic heterocycles. The second-order valence-corrected chi connectivity index (χ2v) is 5.23. The maximum absolute atomic E-state index is 12.7. The first-order valence-electron chi connectivity index (χ1n) is 6.86. The lowest BCUT2D eigenvalue weighted by Gasteiger charge is -2.25. The van der Waals surface area contributed by atoms with Crippen LogP contribution in [0.2, 0.25) is 0 Å². The molecule has 0 atom stereocenters. The lowest BCUT2D eigenvalue weighted by Crippen LogP contribution is -2.38. The third-order valence-electron chi connectivity index (χ3n) is 3.41. The Morgan fingerprint density at radius 2 is 2.00 bits per heavy atom. The molecule has 0 aliphatic heterocycles. The molecule has 6 heteroatoms. The van der Waals surface area contributed by atoms with Crippen molar-refractivity contribution in [3.8, 4) is 0 Å². The van der Waals surface area contributed by atoms with Crippen molar-refractivity contribution < 1.29 is 14.7 Å². The van der Waals surface area contributed by atoms with Gasteiger partial charge in [0.25, 0.3) is 5.91 Å². The molecular formula is C15H19N3O3. The summed E-state index contributed by atoms with van der Waals surface area (Å²) in [7, 11) is 1.79. The fourth-order valence-electron chi connectivity index (χ4n) is 2.32. The molecule has 0 bridgehead atoms. The predicted octanol–water partition coefficient (Wildman–Crippen LogP) is 1.90. The molecule has 0 saturated heterocycles. The minimum atomic E-state index is -0.917. The van der Waals surface area contributed by atoms with Gasteiger partial charge in [0.05, 0.1) is 11.9 Å². The van der Waals surface area contributed by atoms with Crippen molar-refractivity contribution in [3.05, 3.63) is 30.0 Å². The number of hydrogen-bond donors (Lipinski definition) is 1. The second kappa shape index (κ2) is 5.95. The van der Waals surface area contributed by atoms with Crippen LogP contribution in [0.5, 0.6) is 0 Å². The normalized spacial score (nSPS) is 11.0. The van der Waals surface area contributed by atoms with Gasteiger partial charge in [0.1, 0.15) is 0 Å². The summed E-state index contributed by atoms with van der Waals surface area (Å²) >= 11 is 0. The highest BCUT2D eigenvalue weighted by Crippen LogP contribution is 2.20. The molecule has 0 aliphatic carbocycles. The van der Waals surface area contributed by atoms with Crippen LogP contribution in [0.25, 0.3) is 10.9 Å². The summed E-state index contributed by atoms with van der Waals surface area (Å²) in [5.74, 6) is -1.15. The Balaban J connectivity index is 2.37. The lowest BCUT2D eigenvalue weighted by atomic mass is 10.1. The molecule has 0 radical (unpaired) electrons. The summed E-state index contributed by atoms with van der Waals surface area (Å²) in [4.78, 5) is 25.0. The summed E-state index contributed by atoms with van der Waals surface area (Å²) in [6, 6.07) is 7.42. The number of aliphatic carboxylic acids is 1. The molecule has 0 saturated carbocycles. The van der Waals surface area contributed by atoms with E-state index >= 15 is 0 Å². The van der Waals surface area contributed by atoms with E-state index in [-0.39, 0.29) is 24.9 Å². The van der Waals surface area contributed by atoms with Gasteiger partial charge in [0.2, 0.25) is 0 Å². The summed E-state index contributed by atoms with van der Waals surface area (Å²) in [6.45, 7) is 3.91. The zero-order valence-corrected chi connectivity index (χ0v) is 12.4. The first kappa shape index (κ1) is 15.0. The van der Waals surface area contributed by atoms with E-state index in [4.69, 9.17) is 5.11 Å². The van der Waals surface area contributed by atoms with Crippen molar-refractivity contribution in [1.82, 2.24) is 14.7 Å². The lowest BCUT2D eigenvalue weighted by molar-refractivity contribution is -0.137. The van der Waals surface area contributed by atoms with Crippen molar-refractivity contribution in [1.29, 1.82) is 0 Å². The van der Waals surface area contributed by atoms with Gasteiger partial charge in [-0.15, -0.1) is 0 Å². The number of benzene rings is 1. The highest BCUT2D eigenvalue weighted by atomic mass is 16.4. The maximum atomic E-state index is 12.7. The molecule has 1 N–H and O–H groups in total. The van der Waals surface area contributed by atoms with E-state index in [1.165, 1.54) is 0 Å². The van der Waals surface area contributed by atoms with Crippen LogP contribution in [-0.2, 0) is 11.8 Å². The summed E-state index contributed by atoms with van der Waals surface area (Å²) < 4.78 is 1.66. The molecule has 0 unspecified atom stereocenters. The van der Waals surface area contributed by atoms with Crippen LogP contribution in [-0.4, -0.2) is 44.3 Å². The zero-order chi connectivity index (χ0) is 15.6. The average molecular weight is 289 g/mol. The van der Waals surface area contributed by atoms with E-state index in [1.807, 2.05) is 38.1 Å². The Morgan fingerprint density at radius 1 is 1.33 bits per heavy atom. The van der Waals surface area contributed by atoms with E-state index in [2.05, 4.69) is 5.10 Å². The topological polar surface area (TPSA) is 75.4 Å². The van der Waals surface area contributed by atoms with Crippen LogP contribution < -0.4 is 0 Å². The number of amides is 1. The molecule has 0 spiro atoms. The van der Waals surface area contributed by atoms with Gasteiger partial charge in [0, 0.05) is 25.0 Å². The van der Waals surface area contributed by atoms with Gasteiger partial charge in [-0.1, -0.05) is 18.2 Å². The number of hydrogen-bond acceptors (Lipinski definition) is 3. The van der Waals surface area contributed by atoms with Crippen LogP contribution >= 0.6 is 0 Å². The predicted molar refractivity (Wildman–Crippen MR) is 79.1 cm³/mol. The van der Waals surface area contributed by atoms with Crippen molar-refractivity contribution >= 4 is 22.8 Å². The molecule has 0 fully saturated rings. The monoisotopic (exact) mass is 289 g/mol. The Bertz CT molecular complexity index is 676. The number of aromatic nitrogens is 2. The summed E-state index contributed by atoms with van der Waals surface area (Å²) in [5.41, 5.74) is 1.25. The van der Waals surface area contributed by atoms with Crippen LogP contribution in [0.4, 0.5) is 0 Å². The molecular weight excluding hydrogens is 270 g/mol. The van der Waals surface area contributed by atoms with Gasteiger partial charge < -0.3 is 10.0 Å². The highest BCUT2D eigenvalue weighted by molar-refractivity contribution is 6.05. The fourth-order valence-corrected chi connectivity index (χ4v) is 2.32. The fraction of sp³-hybridized carbons (Fsp3) is 0.400. The molecule has 6 nitrogen and oxygen atoms in total. The highest BCUT2D eigenvalue weighted by Gasteiger charge is 2.24. The van der Waals surface area contributed by atoms with Crippen LogP contribution in [0.1, 0.15) is 30.8 Å². The third-order valence-corrected chi connectivity index (χ3v) is 3.41. The molecule has 21 heavy (non-hydrogen) atoms. The van der Waals surface area contributed by atoms with Gasteiger partial charge in [-0.3, -0.25) is 14.3 Å². The number of aryl methyl sites for hydroxylation is 1. The Kier molecular flexibility index (Phi) is 4.26. The number of para-hydroxylation sites is 1. The van der Waals surface area contributed by atoms with Gasteiger partial charge in [-0.2, -0.15) is 5.10 Å². The van der Waals surface area contributed by atoms with Crippen molar-refractivity contribution in [3.63, 3.8) is 0 Å². The molecule has 0 aliphatic rings. The minimum absolute atomic E-state index is 0.0747. The Morgan fingerprint density at radius 3 is 2.62 bits per heavy atom. The molecule has 1 aromatic carbocycles. The molecule has 1 amide bonds. The van der Waals surface area contributed by atoms with Crippen LogP contribution in [0.15, 0.2) is 24.3 Å². The number of nitrogens with zero attached hydrogens (tertiary/aromatic N) is 3. The smallest absolute Gasteiger partial charge is 0.305 e. The quantitative estimate of drug-likeness (QED) is 0.912.